The van der Waals surface area contributed by atoms with Gasteiger partial charge in [-0.25, -0.2) is 21.2 Å². The maximum Gasteiger partial charge on any atom is 0.322 e. The molecule has 0 spiro atoms. The summed E-state index contributed by atoms with van der Waals surface area (Å²) in [4.78, 5) is 11.0. The van der Waals surface area contributed by atoms with E-state index in [9.17, 15) is 26.0 Å². The van der Waals surface area contributed by atoms with E-state index in [0.29, 0.717) is 0 Å². The number of carbonyl (C=O) groups excluding carboxylic acids is 1. The summed E-state index contributed by atoms with van der Waals surface area (Å²) >= 11 is 0. The van der Waals surface area contributed by atoms with Crippen molar-refractivity contribution in [3.63, 3.8) is 0 Å². The smallest absolute Gasteiger partial charge is 0.322 e. The molecular formula is C12H14FNO6S2. The molecule has 0 bridgehead atoms. The second-order valence-electron chi connectivity index (χ2n) is 4.77. The van der Waals surface area contributed by atoms with Gasteiger partial charge in [0.25, 0.3) is 0 Å². The van der Waals surface area contributed by atoms with Crippen molar-refractivity contribution in [1.29, 1.82) is 0 Å². The molecule has 0 unspecified atom stereocenters. The van der Waals surface area contributed by atoms with E-state index in [1.165, 1.54) is 0 Å². The number of nitrogens with zero attached hydrogens (tertiary/aromatic N) is 1. The Morgan fingerprint density at radius 2 is 1.77 bits per heavy atom. The Morgan fingerprint density at radius 3 is 2.27 bits per heavy atom. The molecule has 0 aliphatic carbocycles. The van der Waals surface area contributed by atoms with Crippen molar-refractivity contribution in [1.82, 2.24) is 4.31 Å². The van der Waals surface area contributed by atoms with Gasteiger partial charge in [0.05, 0.1) is 17.3 Å². The van der Waals surface area contributed by atoms with Crippen LogP contribution in [0.25, 0.3) is 0 Å². The molecule has 0 N–H and O–H groups in total. The molecule has 0 saturated carbocycles. The number of esters is 1. The lowest BCUT2D eigenvalue weighted by molar-refractivity contribution is -0.137. The summed E-state index contributed by atoms with van der Waals surface area (Å²) in [5.74, 6) is -2.30. The van der Waals surface area contributed by atoms with Crippen molar-refractivity contribution >= 4 is 25.8 Å². The predicted molar refractivity (Wildman–Crippen MR) is 74.7 cm³/mol. The Bertz CT molecular complexity index is 766. The van der Waals surface area contributed by atoms with Crippen LogP contribution in [0, 0.1) is 5.82 Å². The number of halogens is 1. The van der Waals surface area contributed by atoms with Crippen LogP contribution >= 0.6 is 0 Å². The van der Waals surface area contributed by atoms with Gasteiger partial charge in [0, 0.05) is 13.1 Å². The third-order valence-electron chi connectivity index (χ3n) is 3.32. The summed E-state index contributed by atoms with van der Waals surface area (Å²) in [5.41, 5.74) is 0. The molecule has 1 fully saturated rings. The SMILES string of the molecule is COC(=O)CS(=O)(=O)N1CC(S(=O)(=O)c2ccc(F)cc2)C1. The van der Waals surface area contributed by atoms with Crippen LogP contribution in [0.1, 0.15) is 0 Å². The molecule has 0 amide bonds. The van der Waals surface area contributed by atoms with Gasteiger partial charge < -0.3 is 4.74 Å². The fourth-order valence-electron chi connectivity index (χ4n) is 1.94. The summed E-state index contributed by atoms with van der Waals surface area (Å²) in [6.45, 7) is -0.474. The Morgan fingerprint density at radius 1 is 1.23 bits per heavy atom. The number of hydrogen-bond acceptors (Lipinski definition) is 6. The van der Waals surface area contributed by atoms with E-state index in [-0.39, 0.29) is 18.0 Å². The van der Waals surface area contributed by atoms with E-state index in [2.05, 4.69) is 4.74 Å². The third kappa shape index (κ3) is 3.28. The van der Waals surface area contributed by atoms with Crippen LogP contribution in [0.15, 0.2) is 29.2 Å². The molecule has 22 heavy (non-hydrogen) atoms. The van der Waals surface area contributed by atoms with Gasteiger partial charge in [-0.1, -0.05) is 0 Å². The van der Waals surface area contributed by atoms with Crippen molar-refractivity contribution in [2.75, 3.05) is 26.0 Å². The van der Waals surface area contributed by atoms with Crippen LogP contribution in [0.2, 0.25) is 0 Å². The van der Waals surface area contributed by atoms with Crippen molar-refractivity contribution in [3.8, 4) is 0 Å². The fourth-order valence-corrected chi connectivity index (χ4v) is 5.19. The minimum Gasteiger partial charge on any atom is -0.468 e. The molecule has 7 nitrogen and oxygen atoms in total. The lowest BCUT2D eigenvalue weighted by Gasteiger charge is -2.37. The number of sulfone groups is 1. The zero-order chi connectivity index (χ0) is 16.5. The second-order valence-corrected chi connectivity index (χ2v) is 8.97. The van der Waals surface area contributed by atoms with Crippen LogP contribution in [-0.4, -0.2) is 58.3 Å². The lowest BCUT2D eigenvalue weighted by Crippen LogP contribution is -2.57. The first kappa shape index (κ1) is 16.8. The molecule has 122 valence electrons. The standard InChI is InChI=1S/C12H14FNO6S2/c1-20-12(15)8-21(16,17)14-6-11(7-14)22(18,19)10-4-2-9(13)3-5-10/h2-5,11H,6-8H2,1H3. The molecule has 0 atom stereocenters. The van der Waals surface area contributed by atoms with Crippen molar-refractivity contribution in [2.24, 2.45) is 0 Å². The van der Waals surface area contributed by atoms with Gasteiger partial charge in [-0.05, 0) is 24.3 Å². The summed E-state index contributed by atoms with van der Waals surface area (Å²) in [7, 11) is -6.55. The van der Waals surface area contributed by atoms with E-state index in [4.69, 9.17) is 0 Å². The molecule has 1 aromatic carbocycles. The molecule has 1 aliphatic rings. The highest BCUT2D eigenvalue weighted by molar-refractivity contribution is 7.93. The summed E-state index contributed by atoms with van der Waals surface area (Å²) in [5, 5.41) is -0.912. The van der Waals surface area contributed by atoms with E-state index in [1.54, 1.807) is 0 Å². The topological polar surface area (TPSA) is 97.8 Å². The van der Waals surface area contributed by atoms with Gasteiger partial charge >= 0.3 is 5.97 Å². The van der Waals surface area contributed by atoms with E-state index in [1.807, 2.05) is 0 Å². The van der Waals surface area contributed by atoms with Crippen LogP contribution < -0.4 is 0 Å². The Hall–Kier alpha value is -1.52. The Kier molecular flexibility index (Phi) is 4.54. The van der Waals surface area contributed by atoms with E-state index >= 15 is 0 Å². The molecule has 1 heterocycles. The molecular weight excluding hydrogens is 337 g/mol. The lowest BCUT2D eigenvalue weighted by atomic mass is 10.3. The maximum absolute atomic E-state index is 12.8. The van der Waals surface area contributed by atoms with Gasteiger partial charge in [-0.3, -0.25) is 4.79 Å². The largest absolute Gasteiger partial charge is 0.468 e. The number of rotatable bonds is 5. The maximum atomic E-state index is 12.8. The van der Waals surface area contributed by atoms with E-state index < -0.39 is 42.6 Å². The molecule has 0 aromatic heterocycles. The average Bonchev–Trinajstić information content (AvgIpc) is 2.35. The number of ether oxygens (including phenoxy) is 1. The zero-order valence-electron chi connectivity index (χ0n) is 11.6. The number of methoxy groups -OCH3 is 1. The number of sulfonamides is 1. The van der Waals surface area contributed by atoms with Crippen LogP contribution in [0.5, 0.6) is 0 Å². The Balaban J connectivity index is 2.07. The average molecular weight is 351 g/mol. The highest BCUT2D eigenvalue weighted by atomic mass is 32.2. The molecule has 2 rings (SSSR count). The van der Waals surface area contributed by atoms with Crippen LogP contribution in [0.4, 0.5) is 4.39 Å². The molecule has 0 radical (unpaired) electrons. The second kappa shape index (κ2) is 5.94. The third-order valence-corrected chi connectivity index (χ3v) is 7.11. The van der Waals surface area contributed by atoms with Crippen molar-refractivity contribution < 1.29 is 30.8 Å². The molecule has 10 heteroatoms. The fraction of sp³-hybridized carbons (Fsp3) is 0.417. The van der Waals surface area contributed by atoms with E-state index in [0.717, 1.165) is 35.7 Å². The molecule has 1 aromatic rings. The predicted octanol–water partition coefficient (Wildman–Crippen LogP) is -0.214. The summed E-state index contributed by atoms with van der Waals surface area (Å²) < 4.78 is 66.1. The first-order chi connectivity index (χ1) is 10.2. The first-order valence-corrected chi connectivity index (χ1v) is 9.36. The highest BCUT2D eigenvalue weighted by Gasteiger charge is 2.44. The van der Waals surface area contributed by atoms with Gasteiger partial charge in [0.15, 0.2) is 15.6 Å². The highest BCUT2D eigenvalue weighted by Crippen LogP contribution is 2.26. The molecule has 1 aliphatic heterocycles. The number of carbonyl (C=O) groups is 1. The van der Waals surface area contributed by atoms with Gasteiger partial charge in [-0.15, -0.1) is 0 Å². The monoisotopic (exact) mass is 351 g/mol. The minimum atomic E-state index is -3.88. The summed E-state index contributed by atoms with van der Waals surface area (Å²) in [6.07, 6.45) is 0. The van der Waals surface area contributed by atoms with Crippen molar-refractivity contribution in [2.45, 2.75) is 10.1 Å². The molecule has 1 saturated heterocycles. The zero-order valence-corrected chi connectivity index (χ0v) is 13.2. The minimum absolute atomic E-state index is 0.0658. The van der Waals surface area contributed by atoms with Crippen molar-refractivity contribution in [3.05, 3.63) is 30.1 Å². The Labute approximate surface area is 127 Å². The quantitative estimate of drug-likeness (QED) is 0.538. The number of benzene rings is 1. The summed E-state index contributed by atoms with van der Waals surface area (Å²) in [6, 6.07) is 4.32. The number of hydrogen-bond donors (Lipinski definition) is 0. The van der Waals surface area contributed by atoms with Gasteiger partial charge in [-0.2, -0.15) is 4.31 Å². The van der Waals surface area contributed by atoms with Crippen LogP contribution in [0.3, 0.4) is 0 Å². The van der Waals surface area contributed by atoms with Gasteiger partial charge in [0.1, 0.15) is 5.82 Å². The van der Waals surface area contributed by atoms with Crippen LogP contribution in [-0.2, 0) is 29.4 Å². The van der Waals surface area contributed by atoms with Gasteiger partial charge in [0.2, 0.25) is 10.0 Å². The normalized spacial score (nSPS) is 17.0. The first-order valence-electron chi connectivity index (χ1n) is 6.21.